The molecule has 0 bridgehead atoms. The van der Waals surface area contributed by atoms with Crippen LogP contribution in [0.3, 0.4) is 0 Å². The summed E-state index contributed by atoms with van der Waals surface area (Å²) in [4.78, 5) is 19.5. The van der Waals surface area contributed by atoms with Gasteiger partial charge >= 0.3 is 5.69 Å². The van der Waals surface area contributed by atoms with Gasteiger partial charge in [-0.05, 0) is 17.8 Å². The van der Waals surface area contributed by atoms with Gasteiger partial charge in [-0.25, -0.2) is 9.97 Å². The first-order valence-electron chi connectivity index (χ1n) is 8.35. The molecule has 2 heterocycles. The van der Waals surface area contributed by atoms with Crippen molar-refractivity contribution in [3.63, 3.8) is 0 Å². The maximum absolute atomic E-state index is 11.2. The van der Waals surface area contributed by atoms with Crippen LogP contribution in [0.4, 0.5) is 5.69 Å². The third-order valence-electron chi connectivity index (χ3n) is 3.90. The summed E-state index contributed by atoms with van der Waals surface area (Å²) in [7, 11) is 0. The van der Waals surface area contributed by atoms with Gasteiger partial charge in [-0.3, -0.25) is 10.1 Å². The van der Waals surface area contributed by atoms with E-state index in [9.17, 15) is 10.1 Å². The molecule has 0 aliphatic heterocycles. The van der Waals surface area contributed by atoms with Crippen molar-refractivity contribution in [2.45, 2.75) is 10.2 Å². The lowest BCUT2D eigenvalue weighted by Crippen LogP contribution is -2.00. The fourth-order valence-electron chi connectivity index (χ4n) is 2.63. The van der Waals surface area contributed by atoms with Crippen LogP contribution in [0.15, 0.2) is 89.2 Å². The number of aromatic nitrogens is 4. The maximum atomic E-state index is 11.2. The van der Waals surface area contributed by atoms with Crippen molar-refractivity contribution in [3.8, 4) is 22.5 Å². The van der Waals surface area contributed by atoms with Crippen LogP contribution in [0.1, 0.15) is 0 Å². The zero-order valence-corrected chi connectivity index (χ0v) is 15.3. The second-order valence-electron chi connectivity index (χ2n) is 5.71. The topological polar surface area (TPSA) is 94.7 Å². The van der Waals surface area contributed by atoms with Crippen molar-refractivity contribution in [2.75, 3.05) is 0 Å². The molecule has 0 aliphatic rings. The van der Waals surface area contributed by atoms with E-state index >= 15 is 0 Å². The minimum absolute atomic E-state index is 0.0931. The molecule has 2 aromatic heterocycles. The van der Waals surface area contributed by atoms with Crippen molar-refractivity contribution in [3.05, 3.63) is 89.1 Å². The Kier molecular flexibility index (Phi) is 5.03. The molecule has 28 heavy (non-hydrogen) atoms. The number of nitro groups is 1. The van der Waals surface area contributed by atoms with Crippen molar-refractivity contribution in [2.24, 2.45) is 0 Å². The summed E-state index contributed by atoms with van der Waals surface area (Å²) in [6, 6.07) is 22.2. The van der Waals surface area contributed by atoms with Gasteiger partial charge in [0.25, 0.3) is 0 Å². The maximum Gasteiger partial charge on any atom is 0.301 e. The van der Waals surface area contributed by atoms with Crippen molar-refractivity contribution in [1.29, 1.82) is 0 Å². The normalized spacial score (nSPS) is 10.6. The smallest absolute Gasteiger partial charge is 0.258 e. The minimum Gasteiger partial charge on any atom is -0.258 e. The van der Waals surface area contributed by atoms with Crippen molar-refractivity contribution < 1.29 is 4.92 Å². The second kappa shape index (κ2) is 7.93. The first-order valence-corrected chi connectivity index (χ1v) is 9.17. The summed E-state index contributed by atoms with van der Waals surface area (Å²) in [5, 5.41) is 20.3. The van der Waals surface area contributed by atoms with E-state index in [1.807, 2.05) is 60.7 Å². The summed E-state index contributed by atoms with van der Waals surface area (Å²) in [5.41, 5.74) is 2.98. The molecule has 2 aromatic carbocycles. The summed E-state index contributed by atoms with van der Waals surface area (Å²) < 4.78 is 0. The van der Waals surface area contributed by atoms with Crippen LogP contribution in [0.2, 0.25) is 0 Å². The molecule has 8 heteroatoms. The molecule has 0 radical (unpaired) electrons. The number of benzene rings is 2. The minimum atomic E-state index is -0.473. The molecular formula is C20H13N5O2S. The third kappa shape index (κ3) is 3.72. The molecular weight excluding hydrogens is 374 g/mol. The predicted octanol–water partition coefficient (Wildman–Crippen LogP) is 4.66. The van der Waals surface area contributed by atoms with E-state index in [1.54, 1.807) is 0 Å². The lowest BCUT2D eigenvalue weighted by atomic mass is 10.0. The van der Waals surface area contributed by atoms with Crippen LogP contribution in [0.25, 0.3) is 22.5 Å². The van der Waals surface area contributed by atoms with Crippen LogP contribution < -0.4 is 0 Å². The van der Waals surface area contributed by atoms with E-state index in [2.05, 4.69) is 20.2 Å². The quantitative estimate of drug-likeness (QED) is 0.363. The molecule has 4 aromatic rings. The van der Waals surface area contributed by atoms with Crippen LogP contribution in [0, 0.1) is 10.1 Å². The Morgan fingerprint density at radius 2 is 1.43 bits per heavy atom. The molecule has 0 fully saturated rings. The standard InChI is InChI=1S/C20H13N5O2S/c26-25(27)16-12-7-13-21-19(16)28-20-22-17(14-8-3-1-4-9-14)18(23-24-20)15-10-5-2-6-11-15/h1-13H. The van der Waals surface area contributed by atoms with E-state index in [4.69, 9.17) is 0 Å². The van der Waals surface area contributed by atoms with Crippen LogP contribution in [0.5, 0.6) is 0 Å². The Labute approximate surface area is 164 Å². The highest BCUT2D eigenvalue weighted by molar-refractivity contribution is 7.99. The van der Waals surface area contributed by atoms with Crippen LogP contribution in [-0.2, 0) is 0 Å². The molecule has 0 saturated carbocycles. The molecule has 0 unspecified atom stereocenters. The van der Waals surface area contributed by atoms with Gasteiger partial charge in [0.05, 0.1) is 4.92 Å². The van der Waals surface area contributed by atoms with Gasteiger partial charge in [0, 0.05) is 23.4 Å². The number of hydrogen-bond donors (Lipinski definition) is 0. The SMILES string of the molecule is O=[N+]([O-])c1cccnc1Sc1nnc(-c2ccccc2)c(-c2ccccc2)n1. The number of nitrogens with zero attached hydrogens (tertiary/aromatic N) is 5. The average molecular weight is 387 g/mol. The highest BCUT2D eigenvalue weighted by Crippen LogP contribution is 2.34. The van der Waals surface area contributed by atoms with E-state index < -0.39 is 4.92 Å². The van der Waals surface area contributed by atoms with Gasteiger partial charge in [-0.15, -0.1) is 10.2 Å². The van der Waals surface area contributed by atoms with Crippen LogP contribution >= 0.6 is 11.8 Å². The Morgan fingerprint density at radius 3 is 2.07 bits per heavy atom. The highest BCUT2D eigenvalue weighted by atomic mass is 32.2. The van der Waals surface area contributed by atoms with Crippen molar-refractivity contribution >= 4 is 17.4 Å². The van der Waals surface area contributed by atoms with E-state index in [1.165, 1.54) is 18.3 Å². The highest BCUT2D eigenvalue weighted by Gasteiger charge is 2.19. The van der Waals surface area contributed by atoms with Gasteiger partial charge < -0.3 is 0 Å². The van der Waals surface area contributed by atoms with Gasteiger partial charge in [-0.2, -0.15) is 0 Å². The van der Waals surface area contributed by atoms with Gasteiger partial charge in [0.15, 0.2) is 5.03 Å². The van der Waals surface area contributed by atoms with Crippen LogP contribution in [-0.4, -0.2) is 25.1 Å². The first-order chi connectivity index (χ1) is 13.7. The van der Waals surface area contributed by atoms with E-state index in [-0.39, 0.29) is 10.7 Å². The zero-order valence-electron chi connectivity index (χ0n) is 14.5. The van der Waals surface area contributed by atoms with E-state index in [0.717, 1.165) is 22.9 Å². The molecule has 136 valence electrons. The zero-order chi connectivity index (χ0) is 19.3. The Balaban J connectivity index is 1.80. The molecule has 0 atom stereocenters. The predicted molar refractivity (Wildman–Crippen MR) is 106 cm³/mol. The molecule has 7 nitrogen and oxygen atoms in total. The summed E-state index contributed by atoms with van der Waals surface area (Å²) in [6.07, 6.45) is 1.50. The lowest BCUT2D eigenvalue weighted by Gasteiger charge is -2.09. The Bertz CT molecular complexity index is 1120. The van der Waals surface area contributed by atoms with E-state index in [0.29, 0.717) is 16.5 Å². The molecule has 0 saturated heterocycles. The number of pyridine rings is 1. The van der Waals surface area contributed by atoms with Gasteiger partial charge in [0.2, 0.25) is 5.16 Å². The van der Waals surface area contributed by atoms with Gasteiger partial charge in [0.1, 0.15) is 11.4 Å². The molecule has 0 N–H and O–H groups in total. The monoisotopic (exact) mass is 387 g/mol. The fourth-order valence-corrected chi connectivity index (χ4v) is 3.38. The average Bonchev–Trinajstić information content (AvgIpc) is 2.75. The Morgan fingerprint density at radius 1 is 0.786 bits per heavy atom. The second-order valence-corrected chi connectivity index (χ2v) is 6.67. The molecule has 0 aliphatic carbocycles. The largest absolute Gasteiger partial charge is 0.301 e. The summed E-state index contributed by atoms with van der Waals surface area (Å²) in [6.45, 7) is 0. The fraction of sp³-hybridized carbons (Fsp3) is 0. The third-order valence-corrected chi connectivity index (χ3v) is 4.76. The molecule has 0 amide bonds. The summed E-state index contributed by atoms with van der Waals surface area (Å²) >= 11 is 1.02. The number of rotatable bonds is 5. The van der Waals surface area contributed by atoms with Gasteiger partial charge in [-0.1, -0.05) is 60.7 Å². The summed E-state index contributed by atoms with van der Waals surface area (Å²) in [5.74, 6) is 0. The number of hydrogen-bond acceptors (Lipinski definition) is 7. The molecule has 0 spiro atoms. The molecule has 4 rings (SSSR count). The lowest BCUT2D eigenvalue weighted by molar-refractivity contribution is -0.388. The Hall–Kier alpha value is -3.65. The van der Waals surface area contributed by atoms with Crippen molar-refractivity contribution in [1.82, 2.24) is 20.2 Å². The first kappa shape index (κ1) is 17.7.